The molecule has 0 fully saturated rings. The number of nitrogens with two attached hydrogens (primary N) is 1. The van der Waals surface area contributed by atoms with E-state index >= 15 is 0 Å². The normalized spacial score (nSPS) is 12.8. The molecular weight excluding hydrogens is 221 g/mol. The van der Waals surface area contributed by atoms with E-state index < -0.39 is 12.6 Å². The summed E-state index contributed by atoms with van der Waals surface area (Å²) in [5, 5.41) is 11.2. The number of alkyl halides is 3. The molecular formula is C10H11F3N2O. The molecule has 0 aliphatic rings. The van der Waals surface area contributed by atoms with Crippen LogP contribution < -0.4 is 5.73 Å². The van der Waals surface area contributed by atoms with E-state index in [9.17, 15) is 13.2 Å². The highest BCUT2D eigenvalue weighted by atomic mass is 19.4. The number of rotatable bonds is 3. The van der Waals surface area contributed by atoms with Crippen molar-refractivity contribution in [2.24, 2.45) is 10.9 Å². The lowest BCUT2D eigenvalue weighted by Crippen LogP contribution is -2.13. The molecule has 0 unspecified atom stereocenters. The van der Waals surface area contributed by atoms with Crippen LogP contribution in [-0.2, 0) is 6.42 Å². The molecule has 0 saturated carbocycles. The molecule has 1 aromatic carbocycles. The molecule has 0 saturated heterocycles. The zero-order valence-corrected chi connectivity index (χ0v) is 8.33. The predicted octanol–water partition coefficient (Wildman–Crippen LogP) is 2.28. The van der Waals surface area contributed by atoms with Crippen molar-refractivity contribution in [2.75, 3.05) is 0 Å². The summed E-state index contributed by atoms with van der Waals surface area (Å²) in [5.41, 5.74) is 6.34. The average Bonchev–Trinajstić information content (AvgIpc) is 2.25. The highest BCUT2D eigenvalue weighted by molar-refractivity contribution is 5.96. The van der Waals surface area contributed by atoms with Gasteiger partial charge in [-0.25, -0.2) is 0 Å². The molecule has 0 radical (unpaired) electrons. The fourth-order valence-corrected chi connectivity index (χ4v) is 1.19. The number of benzene rings is 1. The summed E-state index contributed by atoms with van der Waals surface area (Å²) in [4.78, 5) is 0. The summed E-state index contributed by atoms with van der Waals surface area (Å²) in [7, 11) is 0. The van der Waals surface area contributed by atoms with Crippen LogP contribution in [0.2, 0.25) is 0 Å². The molecule has 0 aromatic heterocycles. The van der Waals surface area contributed by atoms with E-state index in [1.54, 1.807) is 0 Å². The Morgan fingerprint density at radius 1 is 1.25 bits per heavy atom. The molecule has 0 heterocycles. The second-order valence-corrected chi connectivity index (χ2v) is 3.30. The molecule has 3 N–H and O–H groups in total. The fourth-order valence-electron chi connectivity index (χ4n) is 1.19. The van der Waals surface area contributed by atoms with Gasteiger partial charge in [0.25, 0.3) is 0 Å². The average molecular weight is 232 g/mol. The molecule has 1 aromatic rings. The van der Waals surface area contributed by atoms with Crippen LogP contribution in [0.5, 0.6) is 0 Å². The minimum Gasteiger partial charge on any atom is -0.409 e. The Kier molecular flexibility index (Phi) is 3.76. The van der Waals surface area contributed by atoms with Gasteiger partial charge in [-0.3, -0.25) is 0 Å². The van der Waals surface area contributed by atoms with Crippen LogP contribution in [0.1, 0.15) is 17.5 Å². The van der Waals surface area contributed by atoms with Crippen LogP contribution in [0.3, 0.4) is 0 Å². The van der Waals surface area contributed by atoms with Crippen molar-refractivity contribution in [3.05, 3.63) is 35.4 Å². The highest BCUT2D eigenvalue weighted by Crippen LogP contribution is 2.22. The largest absolute Gasteiger partial charge is 0.409 e. The van der Waals surface area contributed by atoms with E-state index in [-0.39, 0.29) is 12.3 Å². The predicted molar refractivity (Wildman–Crippen MR) is 53.3 cm³/mol. The van der Waals surface area contributed by atoms with Gasteiger partial charge in [0.1, 0.15) is 0 Å². The Labute approximate surface area is 90.4 Å². The van der Waals surface area contributed by atoms with E-state index in [2.05, 4.69) is 5.16 Å². The van der Waals surface area contributed by atoms with Crippen LogP contribution in [0.4, 0.5) is 13.2 Å². The summed E-state index contributed by atoms with van der Waals surface area (Å²) in [6.45, 7) is 0. The summed E-state index contributed by atoms with van der Waals surface area (Å²) in [6, 6.07) is 6.08. The molecule has 0 spiro atoms. The van der Waals surface area contributed by atoms with Gasteiger partial charge in [0.15, 0.2) is 5.84 Å². The van der Waals surface area contributed by atoms with Crippen LogP contribution >= 0.6 is 0 Å². The Morgan fingerprint density at radius 2 is 1.81 bits per heavy atom. The Hall–Kier alpha value is -1.72. The molecule has 1 rings (SSSR count). The van der Waals surface area contributed by atoms with Crippen LogP contribution in [0.15, 0.2) is 29.4 Å². The van der Waals surface area contributed by atoms with Crippen molar-refractivity contribution in [1.82, 2.24) is 0 Å². The monoisotopic (exact) mass is 232 g/mol. The number of amidine groups is 1. The second-order valence-electron chi connectivity index (χ2n) is 3.30. The maximum Gasteiger partial charge on any atom is 0.389 e. The Balaban J connectivity index is 2.65. The van der Waals surface area contributed by atoms with Gasteiger partial charge in [-0.2, -0.15) is 13.2 Å². The molecule has 0 aliphatic heterocycles. The van der Waals surface area contributed by atoms with Gasteiger partial charge in [0.2, 0.25) is 0 Å². The van der Waals surface area contributed by atoms with Gasteiger partial charge < -0.3 is 10.9 Å². The lowest BCUT2D eigenvalue weighted by Gasteiger charge is -2.06. The van der Waals surface area contributed by atoms with Crippen LogP contribution in [-0.4, -0.2) is 17.2 Å². The molecule has 0 atom stereocenters. The maximum atomic E-state index is 11.9. The van der Waals surface area contributed by atoms with Crippen molar-refractivity contribution in [1.29, 1.82) is 0 Å². The maximum absolute atomic E-state index is 11.9. The van der Waals surface area contributed by atoms with Gasteiger partial charge >= 0.3 is 6.18 Å². The van der Waals surface area contributed by atoms with Crippen molar-refractivity contribution in [3.63, 3.8) is 0 Å². The third-order valence-corrected chi connectivity index (χ3v) is 2.05. The van der Waals surface area contributed by atoms with Gasteiger partial charge in [0.05, 0.1) is 0 Å². The minimum absolute atomic E-state index is 0.0672. The summed E-state index contributed by atoms with van der Waals surface area (Å²) in [6.07, 6.45) is -5.07. The fraction of sp³-hybridized carbons (Fsp3) is 0.300. The molecule has 0 bridgehead atoms. The minimum atomic E-state index is -4.15. The van der Waals surface area contributed by atoms with E-state index in [1.807, 2.05) is 0 Å². The van der Waals surface area contributed by atoms with Crippen molar-refractivity contribution in [3.8, 4) is 0 Å². The lowest BCUT2D eigenvalue weighted by molar-refractivity contribution is -0.133. The van der Waals surface area contributed by atoms with E-state index in [4.69, 9.17) is 10.9 Å². The molecule has 3 nitrogen and oxygen atoms in total. The molecule has 88 valence electrons. The van der Waals surface area contributed by atoms with Crippen molar-refractivity contribution < 1.29 is 18.4 Å². The Bertz CT molecular complexity index is 371. The molecule has 6 heteroatoms. The summed E-state index contributed by atoms with van der Waals surface area (Å²) < 4.78 is 35.8. The first-order valence-corrected chi connectivity index (χ1v) is 4.56. The van der Waals surface area contributed by atoms with E-state index in [0.29, 0.717) is 11.1 Å². The molecule has 0 aliphatic carbocycles. The standard InChI is InChI=1S/C10H11F3N2O/c11-10(12,13)6-5-7-1-3-8(4-2-7)9(14)15-16/h1-4,16H,5-6H2,(H2,14,15). The van der Waals surface area contributed by atoms with Crippen LogP contribution in [0.25, 0.3) is 0 Å². The third-order valence-electron chi connectivity index (χ3n) is 2.05. The van der Waals surface area contributed by atoms with Gasteiger partial charge in [-0.15, -0.1) is 0 Å². The quantitative estimate of drug-likeness (QED) is 0.363. The lowest BCUT2D eigenvalue weighted by atomic mass is 10.1. The first-order chi connectivity index (χ1) is 7.42. The van der Waals surface area contributed by atoms with Gasteiger partial charge in [-0.05, 0) is 12.0 Å². The van der Waals surface area contributed by atoms with E-state index in [0.717, 1.165) is 0 Å². The summed E-state index contributed by atoms with van der Waals surface area (Å²) in [5.74, 6) is -0.0672. The number of hydrogen-bond donors (Lipinski definition) is 2. The zero-order valence-electron chi connectivity index (χ0n) is 8.33. The number of hydrogen-bond acceptors (Lipinski definition) is 2. The third kappa shape index (κ3) is 3.80. The molecule has 0 amide bonds. The highest BCUT2D eigenvalue weighted by Gasteiger charge is 2.26. The SMILES string of the molecule is N/C(=N\O)c1ccc(CCC(F)(F)F)cc1. The smallest absolute Gasteiger partial charge is 0.389 e. The van der Waals surface area contributed by atoms with Gasteiger partial charge in [-0.1, -0.05) is 29.4 Å². The van der Waals surface area contributed by atoms with Crippen molar-refractivity contribution in [2.45, 2.75) is 19.0 Å². The first kappa shape index (κ1) is 12.4. The van der Waals surface area contributed by atoms with Gasteiger partial charge in [0, 0.05) is 12.0 Å². The zero-order chi connectivity index (χ0) is 12.2. The van der Waals surface area contributed by atoms with Crippen molar-refractivity contribution >= 4 is 5.84 Å². The van der Waals surface area contributed by atoms with E-state index in [1.165, 1.54) is 24.3 Å². The number of oxime groups is 1. The topological polar surface area (TPSA) is 58.6 Å². The Morgan fingerprint density at radius 3 is 2.25 bits per heavy atom. The number of halogens is 3. The first-order valence-electron chi connectivity index (χ1n) is 4.56. The van der Waals surface area contributed by atoms with Crippen LogP contribution in [0, 0.1) is 0 Å². The molecule has 16 heavy (non-hydrogen) atoms. The number of aryl methyl sites for hydroxylation is 1. The number of nitrogens with zero attached hydrogens (tertiary/aromatic N) is 1. The summed E-state index contributed by atoms with van der Waals surface area (Å²) >= 11 is 0. The second kappa shape index (κ2) is 4.87.